The molecule has 0 aromatic carbocycles. The number of halogens is 1. The summed E-state index contributed by atoms with van der Waals surface area (Å²) in [5, 5.41) is 3.26. The maximum absolute atomic E-state index is 11.4. The van der Waals surface area contributed by atoms with Gasteiger partial charge in [-0.05, 0) is 18.3 Å². The lowest BCUT2D eigenvalue weighted by molar-refractivity contribution is 0.0594. The van der Waals surface area contributed by atoms with Crippen LogP contribution in [0.25, 0.3) is 0 Å². The van der Waals surface area contributed by atoms with Gasteiger partial charge in [-0.15, -0.1) is 0 Å². The summed E-state index contributed by atoms with van der Waals surface area (Å²) >= 11 is 5.93. The van der Waals surface area contributed by atoms with Crippen molar-refractivity contribution in [2.45, 2.75) is 46.5 Å². The van der Waals surface area contributed by atoms with Crippen molar-refractivity contribution in [3.8, 4) is 0 Å². The standard InChI is InChI=1S/C15H24ClN3O2/c1-5-7-15(3,6-2)8-9-17-11-10-18-12(13(16)19-11)14(20)21-4/h10H,5-9H2,1-4H3,(H,17,19). The molecule has 6 heteroatoms. The van der Waals surface area contributed by atoms with Crippen molar-refractivity contribution in [3.63, 3.8) is 0 Å². The van der Waals surface area contributed by atoms with Crippen molar-refractivity contribution < 1.29 is 9.53 Å². The second-order valence-electron chi connectivity index (χ2n) is 5.48. The van der Waals surface area contributed by atoms with Crippen molar-refractivity contribution >= 4 is 23.4 Å². The fourth-order valence-electron chi connectivity index (χ4n) is 2.26. The SMILES string of the molecule is CCCC(C)(CC)CCNc1cnc(C(=O)OC)c(Cl)n1. The third-order valence-corrected chi connectivity index (χ3v) is 4.11. The highest BCUT2D eigenvalue weighted by Crippen LogP contribution is 2.31. The van der Waals surface area contributed by atoms with Crippen LogP contribution in [0, 0.1) is 5.41 Å². The Kier molecular flexibility index (Phi) is 6.89. The van der Waals surface area contributed by atoms with E-state index in [4.69, 9.17) is 11.6 Å². The maximum atomic E-state index is 11.4. The number of carbonyl (C=O) groups is 1. The van der Waals surface area contributed by atoms with E-state index in [1.807, 2.05) is 0 Å². The number of carbonyl (C=O) groups excluding carboxylic acids is 1. The van der Waals surface area contributed by atoms with Gasteiger partial charge < -0.3 is 10.1 Å². The molecule has 5 nitrogen and oxygen atoms in total. The van der Waals surface area contributed by atoms with Crippen molar-refractivity contribution in [2.24, 2.45) is 5.41 Å². The minimum atomic E-state index is -0.583. The molecule has 1 heterocycles. The number of esters is 1. The van der Waals surface area contributed by atoms with Crippen LogP contribution in [0.3, 0.4) is 0 Å². The third kappa shape index (κ3) is 5.16. The molecule has 0 bridgehead atoms. The van der Waals surface area contributed by atoms with E-state index < -0.39 is 5.97 Å². The Hall–Kier alpha value is -1.36. The summed E-state index contributed by atoms with van der Waals surface area (Å²) in [6.45, 7) is 7.53. The van der Waals surface area contributed by atoms with Crippen LogP contribution in [0.4, 0.5) is 5.82 Å². The Labute approximate surface area is 131 Å². The molecule has 1 N–H and O–H groups in total. The van der Waals surface area contributed by atoms with Crippen LogP contribution in [0.15, 0.2) is 6.20 Å². The zero-order chi connectivity index (χ0) is 15.9. The second kappa shape index (κ2) is 8.17. The van der Waals surface area contributed by atoms with E-state index in [1.54, 1.807) is 0 Å². The molecule has 1 aromatic rings. The Morgan fingerprint density at radius 2 is 2.14 bits per heavy atom. The molecule has 0 saturated heterocycles. The minimum absolute atomic E-state index is 0.0362. The van der Waals surface area contributed by atoms with Crippen LogP contribution >= 0.6 is 11.6 Å². The summed E-state index contributed by atoms with van der Waals surface area (Å²) in [7, 11) is 1.28. The second-order valence-corrected chi connectivity index (χ2v) is 5.84. The average Bonchev–Trinajstić information content (AvgIpc) is 2.47. The molecule has 1 aromatic heterocycles. The van der Waals surface area contributed by atoms with Gasteiger partial charge in [-0.1, -0.05) is 45.2 Å². The number of ether oxygens (including phenoxy) is 1. The molecule has 0 aliphatic heterocycles. The van der Waals surface area contributed by atoms with Crippen LogP contribution in [0.5, 0.6) is 0 Å². The van der Waals surface area contributed by atoms with Gasteiger partial charge in [0.2, 0.25) is 0 Å². The van der Waals surface area contributed by atoms with Gasteiger partial charge in [0.25, 0.3) is 0 Å². The Bertz CT molecular complexity index is 482. The van der Waals surface area contributed by atoms with E-state index in [-0.39, 0.29) is 10.8 Å². The van der Waals surface area contributed by atoms with Crippen LogP contribution in [0.1, 0.15) is 56.9 Å². The van der Waals surface area contributed by atoms with Crippen molar-refractivity contribution in [3.05, 3.63) is 17.0 Å². The molecule has 1 atom stereocenters. The van der Waals surface area contributed by atoms with Gasteiger partial charge in [0.1, 0.15) is 5.82 Å². The number of rotatable bonds is 8. The van der Waals surface area contributed by atoms with Gasteiger partial charge in [-0.2, -0.15) is 0 Å². The smallest absolute Gasteiger partial charge is 0.359 e. The highest BCUT2D eigenvalue weighted by molar-refractivity contribution is 6.32. The summed E-state index contributed by atoms with van der Waals surface area (Å²) < 4.78 is 4.58. The first-order valence-corrected chi connectivity index (χ1v) is 7.68. The molecule has 21 heavy (non-hydrogen) atoms. The van der Waals surface area contributed by atoms with Gasteiger partial charge in [0.15, 0.2) is 10.8 Å². The van der Waals surface area contributed by atoms with E-state index in [0.717, 1.165) is 19.4 Å². The topological polar surface area (TPSA) is 64.1 Å². The van der Waals surface area contributed by atoms with E-state index in [2.05, 4.69) is 40.8 Å². The lowest BCUT2D eigenvalue weighted by Crippen LogP contribution is -2.20. The van der Waals surface area contributed by atoms with Crippen LogP contribution < -0.4 is 5.32 Å². The Morgan fingerprint density at radius 3 is 2.67 bits per heavy atom. The van der Waals surface area contributed by atoms with Crippen LogP contribution in [-0.4, -0.2) is 29.6 Å². The van der Waals surface area contributed by atoms with Gasteiger partial charge in [-0.3, -0.25) is 0 Å². The number of hydrogen-bond acceptors (Lipinski definition) is 5. The average molecular weight is 314 g/mol. The first-order valence-electron chi connectivity index (χ1n) is 7.30. The fourth-order valence-corrected chi connectivity index (χ4v) is 2.48. The van der Waals surface area contributed by atoms with Gasteiger partial charge in [0.05, 0.1) is 13.3 Å². The molecule has 0 spiro atoms. The van der Waals surface area contributed by atoms with E-state index >= 15 is 0 Å². The number of nitrogens with zero attached hydrogens (tertiary/aromatic N) is 2. The zero-order valence-electron chi connectivity index (χ0n) is 13.2. The highest BCUT2D eigenvalue weighted by atomic mass is 35.5. The van der Waals surface area contributed by atoms with Crippen molar-refractivity contribution in [1.29, 1.82) is 0 Å². The summed E-state index contributed by atoms with van der Waals surface area (Å²) in [5.41, 5.74) is 0.374. The number of hydrogen-bond donors (Lipinski definition) is 1. The first-order chi connectivity index (χ1) is 9.95. The molecule has 1 rings (SSSR count). The molecule has 0 saturated carbocycles. The predicted molar refractivity (Wildman–Crippen MR) is 84.8 cm³/mol. The van der Waals surface area contributed by atoms with E-state index in [9.17, 15) is 4.79 Å². The summed E-state index contributed by atoms with van der Waals surface area (Å²) in [5.74, 6) is -0.0110. The maximum Gasteiger partial charge on any atom is 0.359 e. The molecule has 0 amide bonds. The molecule has 0 aliphatic rings. The zero-order valence-corrected chi connectivity index (χ0v) is 14.0. The quantitative estimate of drug-likeness (QED) is 0.736. The molecule has 0 aliphatic carbocycles. The third-order valence-electron chi connectivity index (χ3n) is 3.85. The Balaban J connectivity index is 2.61. The highest BCUT2D eigenvalue weighted by Gasteiger charge is 2.20. The number of methoxy groups -OCH3 is 1. The number of aromatic nitrogens is 2. The molecular formula is C15H24ClN3O2. The summed E-state index contributed by atoms with van der Waals surface area (Å²) in [4.78, 5) is 19.5. The van der Waals surface area contributed by atoms with Gasteiger partial charge >= 0.3 is 5.97 Å². The van der Waals surface area contributed by atoms with Crippen LogP contribution in [0.2, 0.25) is 5.15 Å². The van der Waals surface area contributed by atoms with Gasteiger partial charge in [0, 0.05) is 6.54 Å². The lowest BCUT2D eigenvalue weighted by Gasteiger charge is -2.28. The summed E-state index contributed by atoms with van der Waals surface area (Å²) in [6, 6.07) is 0. The largest absolute Gasteiger partial charge is 0.464 e. The molecule has 1 unspecified atom stereocenters. The van der Waals surface area contributed by atoms with Gasteiger partial charge in [-0.25, -0.2) is 14.8 Å². The first kappa shape index (κ1) is 17.7. The predicted octanol–water partition coefficient (Wildman–Crippen LogP) is 3.94. The number of nitrogens with one attached hydrogen (secondary N) is 1. The Morgan fingerprint density at radius 1 is 1.43 bits per heavy atom. The molecule has 118 valence electrons. The number of anilines is 1. The van der Waals surface area contributed by atoms with Crippen LogP contribution in [-0.2, 0) is 4.74 Å². The van der Waals surface area contributed by atoms with Crippen molar-refractivity contribution in [1.82, 2.24) is 9.97 Å². The fraction of sp³-hybridized carbons (Fsp3) is 0.667. The lowest BCUT2D eigenvalue weighted by atomic mass is 9.80. The van der Waals surface area contributed by atoms with E-state index in [0.29, 0.717) is 11.2 Å². The normalized spacial score (nSPS) is 13.6. The molecular weight excluding hydrogens is 290 g/mol. The van der Waals surface area contributed by atoms with Crippen molar-refractivity contribution in [2.75, 3.05) is 19.0 Å². The summed E-state index contributed by atoms with van der Waals surface area (Å²) in [6.07, 6.45) is 6.09. The minimum Gasteiger partial charge on any atom is -0.464 e. The molecule has 0 radical (unpaired) electrons. The molecule has 0 fully saturated rings. The van der Waals surface area contributed by atoms with E-state index in [1.165, 1.54) is 26.1 Å². The monoisotopic (exact) mass is 313 g/mol.